The Bertz CT molecular complexity index is 610. The van der Waals surface area contributed by atoms with Crippen molar-refractivity contribution in [1.29, 1.82) is 0 Å². The van der Waals surface area contributed by atoms with Crippen LogP contribution in [0.5, 0.6) is 0 Å². The van der Waals surface area contributed by atoms with Gasteiger partial charge in [0.15, 0.2) is 0 Å². The fourth-order valence-corrected chi connectivity index (χ4v) is 3.00. The quantitative estimate of drug-likeness (QED) is 0.942. The van der Waals surface area contributed by atoms with Gasteiger partial charge < -0.3 is 9.88 Å². The van der Waals surface area contributed by atoms with Crippen LogP contribution in [0.15, 0.2) is 30.6 Å². The van der Waals surface area contributed by atoms with E-state index in [0.717, 1.165) is 25.3 Å². The normalized spacial score (nSPS) is 18.2. The molecule has 3 heterocycles. The molecule has 0 spiro atoms. The average molecular weight is 298 g/mol. The van der Waals surface area contributed by atoms with Crippen molar-refractivity contribution in [2.45, 2.75) is 58.0 Å². The number of pyridine rings is 1. The Labute approximate surface area is 133 Å². The van der Waals surface area contributed by atoms with Crippen LogP contribution in [0.25, 0.3) is 0 Å². The average Bonchev–Trinajstić information content (AvgIpc) is 2.93. The molecule has 22 heavy (non-hydrogen) atoms. The minimum Gasteiger partial charge on any atom is -0.334 e. The van der Waals surface area contributed by atoms with Gasteiger partial charge in [0, 0.05) is 43.4 Å². The lowest BCUT2D eigenvalue weighted by Gasteiger charge is -2.23. The molecule has 4 heteroatoms. The summed E-state index contributed by atoms with van der Waals surface area (Å²) in [6.07, 6.45) is 6.55. The fraction of sp³-hybridized carbons (Fsp3) is 0.556. The number of fused-ring (bicyclic) bond motifs is 1. The van der Waals surface area contributed by atoms with E-state index >= 15 is 0 Å². The van der Waals surface area contributed by atoms with Crippen LogP contribution in [0.1, 0.15) is 56.7 Å². The molecular weight excluding hydrogens is 272 g/mol. The summed E-state index contributed by atoms with van der Waals surface area (Å²) in [7, 11) is 0. The molecule has 0 aliphatic carbocycles. The van der Waals surface area contributed by atoms with Crippen molar-refractivity contribution in [1.82, 2.24) is 19.9 Å². The molecule has 1 aliphatic rings. The highest BCUT2D eigenvalue weighted by molar-refractivity contribution is 5.17. The molecular formula is C18H26N4. The lowest BCUT2D eigenvalue weighted by molar-refractivity contribution is 0.422. The Balaban J connectivity index is 1.65. The number of rotatable bonds is 4. The molecule has 0 amide bonds. The standard InChI is InChI=1S/C18H26N4/c1-18(2,3)16-13-22-10-6-7-14(17(22)21-16)11-19-12-15-8-4-5-9-20-15/h4-5,8-9,13-14,19H,6-7,10-12H2,1-3H3. The summed E-state index contributed by atoms with van der Waals surface area (Å²) in [6.45, 7) is 9.59. The molecule has 0 fully saturated rings. The summed E-state index contributed by atoms with van der Waals surface area (Å²) >= 11 is 0. The van der Waals surface area contributed by atoms with Crippen molar-refractivity contribution in [3.8, 4) is 0 Å². The zero-order chi connectivity index (χ0) is 15.6. The van der Waals surface area contributed by atoms with E-state index in [-0.39, 0.29) is 5.41 Å². The van der Waals surface area contributed by atoms with Gasteiger partial charge in [-0.25, -0.2) is 4.98 Å². The highest BCUT2D eigenvalue weighted by atomic mass is 15.1. The Morgan fingerprint density at radius 1 is 1.32 bits per heavy atom. The second-order valence-electron chi connectivity index (χ2n) is 7.22. The van der Waals surface area contributed by atoms with E-state index in [0.29, 0.717) is 5.92 Å². The molecule has 0 aromatic carbocycles. The van der Waals surface area contributed by atoms with Gasteiger partial charge in [0.25, 0.3) is 0 Å². The molecule has 3 rings (SSSR count). The minimum atomic E-state index is 0.121. The number of aromatic nitrogens is 3. The molecule has 2 aromatic heterocycles. The topological polar surface area (TPSA) is 42.7 Å². The van der Waals surface area contributed by atoms with Gasteiger partial charge in [-0.05, 0) is 25.0 Å². The first-order chi connectivity index (χ1) is 10.5. The molecule has 118 valence electrons. The van der Waals surface area contributed by atoms with Crippen LogP contribution in [-0.4, -0.2) is 21.1 Å². The van der Waals surface area contributed by atoms with E-state index < -0.39 is 0 Å². The smallest absolute Gasteiger partial charge is 0.113 e. The van der Waals surface area contributed by atoms with Gasteiger partial charge in [-0.15, -0.1) is 0 Å². The SMILES string of the molecule is CC(C)(C)c1cn2c(n1)C(CNCc1ccccn1)CCC2. The molecule has 0 saturated carbocycles. The van der Waals surface area contributed by atoms with Gasteiger partial charge in [-0.2, -0.15) is 0 Å². The molecule has 1 atom stereocenters. The molecule has 0 saturated heterocycles. The highest BCUT2D eigenvalue weighted by Crippen LogP contribution is 2.30. The second-order valence-corrected chi connectivity index (χ2v) is 7.22. The van der Waals surface area contributed by atoms with Gasteiger partial charge >= 0.3 is 0 Å². The minimum absolute atomic E-state index is 0.121. The largest absolute Gasteiger partial charge is 0.334 e. The lowest BCUT2D eigenvalue weighted by atomic mass is 9.93. The van der Waals surface area contributed by atoms with E-state index in [1.54, 1.807) is 0 Å². The predicted octanol–water partition coefficient (Wildman–Crippen LogP) is 3.24. The van der Waals surface area contributed by atoms with Crippen LogP contribution in [0.3, 0.4) is 0 Å². The number of aryl methyl sites for hydroxylation is 1. The maximum atomic E-state index is 4.94. The third kappa shape index (κ3) is 3.38. The first kappa shape index (κ1) is 15.2. The van der Waals surface area contributed by atoms with Crippen molar-refractivity contribution in [3.05, 3.63) is 47.8 Å². The van der Waals surface area contributed by atoms with E-state index in [1.807, 2.05) is 18.3 Å². The van der Waals surface area contributed by atoms with E-state index in [9.17, 15) is 0 Å². The van der Waals surface area contributed by atoms with E-state index in [1.165, 1.54) is 24.4 Å². The number of nitrogens with zero attached hydrogens (tertiary/aromatic N) is 3. The number of imidazole rings is 1. The molecule has 2 aromatic rings. The zero-order valence-corrected chi connectivity index (χ0v) is 13.8. The van der Waals surface area contributed by atoms with Gasteiger partial charge in [-0.1, -0.05) is 26.8 Å². The maximum absolute atomic E-state index is 4.94. The predicted molar refractivity (Wildman–Crippen MR) is 88.8 cm³/mol. The van der Waals surface area contributed by atoms with E-state index in [2.05, 4.69) is 47.9 Å². The number of hydrogen-bond donors (Lipinski definition) is 1. The summed E-state index contributed by atoms with van der Waals surface area (Å²) in [4.78, 5) is 9.30. The van der Waals surface area contributed by atoms with Crippen molar-refractivity contribution in [2.75, 3.05) is 6.54 Å². The maximum Gasteiger partial charge on any atom is 0.113 e. The zero-order valence-electron chi connectivity index (χ0n) is 13.8. The number of hydrogen-bond acceptors (Lipinski definition) is 3. The molecule has 1 unspecified atom stereocenters. The Morgan fingerprint density at radius 3 is 2.91 bits per heavy atom. The van der Waals surface area contributed by atoms with Gasteiger partial charge in [0.1, 0.15) is 5.82 Å². The van der Waals surface area contributed by atoms with Crippen LogP contribution < -0.4 is 5.32 Å². The molecule has 1 aliphatic heterocycles. The monoisotopic (exact) mass is 298 g/mol. The second kappa shape index (κ2) is 6.21. The van der Waals surface area contributed by atoms with E-state index in [4.69, 9.17) is 4.98 Å². The first-order valence-corrected chi connectivity index (χ1v) is 8.22. The van der Waals surface area contributed by atoms with Gasteiger partial charge in [0.2, 0.25) is 0 Å². The molecule has 0 radical (unpaired) electrons. The summed E-state index contributed by atoms with van der Waals surface area (Å²) in [6, 6.07) is 6.05. The van der Waals surface area contributed by atoms with Crippen molar-refractivity contribution < 1.29 is 0 Å². The Hall–Kier alpha value is -1.68. The lowest BCUT2D eigenvalue weighted by Crippen LogP contribution is -2.26. The molecule has 1 N–H and O–H groups in total. The van der Waals surface area contributed by atoms with Crippen molar-refractivity contribution in [2.24, 2.45) is 0 Å². The number of nitrogens with one attached hydrogen (secondary N) is 1. The highest BCUT2D eigenvalue weighted by Gasteiger charge is 2.26. The van der Waals surface area contributed by atoms with Crippen LogP contribution in [0.2, 0.25) is 0 Å². The summed E-state index contributed by atoms with van der Waals surface area (Å²) < 4.78 is 2.36. The van der Waals surface area contributed by atoms with Crippen molar-refractivity contribution in [3.63, 3.8) is 0 Å². The molecule has 0 bridgehead atoms. The van der Waals surface area contributed by atoms with Crippen LogP contribution >= 0.6 is 0 Å². The van der Waals surface area contributed by atoms with Crippen LogP contribution in [0.4, 0.5) is 0 Å². The molecule has 4 nitrogen and oxygen atoms in total. The van der Waals surface area contributed by atoms with Crippen LogP contribution in [-0.2, 0) is 18.5 Å². The van der Waals surface area contributed by atoms with Crippen LogP contribution in [0, 0.1) is 0 Å². The third-order valence-corrected chi connectivity index (χ3v) is 4.32. The summed E-state index contributed by atoms with van der Waals surface area (Å²) in [5.74, 6) is 1.76. The third-order valence-electron chi connectivity index (χ3n) is 4.32. The first-order valence-electron chi connectivity index (χ1n) is 8.22. The van der Waals surface area contributed by atoms with Gasteiger partial charge in [-0.3, -0.25) is 4.98 Å². The Morgan fingerprint density at radius 2 is 2.18 bits per heavy atom. The van der Waals surface area contributed by atoms with Gasteiger partial charge in [0.05, 0.1) is 11.4 Å². The summed E-state index contributed by atoms with van der Waals surface area (Å²) in [5, 5.41) is 3.54. The fourth-order valence-electron chi connectivity index (χ4n) is 3.00. The Kier molecular flexibility index (Phi) is 4.30. The van der Waals surface area contributed by atoms with Crippen molar-refractivity contribution >= 4 is 0 Å². The summed E-state index contributed by atoms with van der Waals surface area (Å²) in [5.41, 5.74) is 2.42.